The van der Waals surface area contributed by atoms with Crippen LogP contribution >= 0.6 is 50.7 Å². The van der Waals surface area contributed by atoms with E-state index in [-0.39, 0.29) is 0 Å². The van der Waals surface area contributed by atoms with Gasteiger partial charge in [-0.25, -0.2) is 0 Å². The fourth-order valence-electron chi connectivity index (χ4n) is 2.70. The van der Waals surface area contributed by atoms with Crippen LogP contribution in [0.4, 0.5) is 5.69 Å². The molecule has 3 nitrogen and oxygen atoms in total. The van der Waals surface area contributed by atoms with Gasteiger partial charge in [0.1, 0.15) is 6.61 Å². The summed E-state index contributed by atoms with van der Waals surface area (Å²) in [7, 11) is 0. The predicted octanol–water partition coefficient (Wildman–Crippen LogP) is 8.00. The highest BCUT2D eigenvalue weighted by Crippen LogP contribution is 2.38. The van der Waals surface area contributed by atoms with Gasteiger partial charge in [0.15, 0.2) is 11.5 Å². The molecule has 0 saturated carbocycles. The van der Waals surface area contributed by atoms with Gasteiger partial charge in [-0.05, 0) is 64.8 Å². The van der Waals surface area contributed by atoms with Crippen molar-refractivity contribution in [3.05, 3.63) is 85.3 Å². The van der Waals surface area contributed by atoms with E-state index in [4.69, 9.17) is 44.3 Å². The van der Waals surface area contributed by atoms with Gasteiger partial charge in [0, 0.05) is 22.8 Å². The van der Waals surface area contributed by atoms with Gasteiger partial charge in [-0.1, -0.05) is 53.0 Å². The molecule has 0 saturated heterocycles. The van der Waals surface area contributed by atoms with Crippen molar-refractivity contribution in [2.24, 2.45) is 0 Å². The molecule has 0 spiro atoms. The van der Waals surface area contributed by atoms with Crippen LogP contribution in [0.2, 0.25) is 15.1 Å². The third-order valence-electron chi connectivity index (χ3n) is 4.12. The van der Waals surface area contributed by atoms with Crippen molar-refractivity contribution >= 4 is 56.4 Å². The first kappa shape index (κ1) is 22.1. The van der Waals surface area contributed by atoms with E-state index in [1.54, 1.807) is 12.1 Å². The summed E-state index contributed by atoms with van der Waals surface area (Å²) in [6, 6.07) is 17.0. The Bertz CT molecular complexity index is 998. The van der Waals surface area contributed by atoms with Crippen LogP contribution in [0.5, 0.6) is 11.5 Å². The second kappa shape index (κ2) is 10.4. The summed E-state index contributed by atoms with van der Waals surface area (Å²) in [6.45, 7) is 3.39. The lowest BCUT2D eigenvalue weighted by Crippen LogP contribution is -2.04. The van der Waals surface area contributed by atoms with Crippen molar-refractivity contribution in [3.63, 3.8) is 0 Å². The fourth-order valence-corrected chi connectivity index (χ4v) is 3.79. The molecule has 3 rings (SSSR count). The summed E-state index contributed by atoms with van der Waals surface area (Å²) in [6.07, 6.45) is 0. The van der Waals surface area contributed by atoms with Crippen LogP contribution in [-0.4, -0.2) is 6.61 Å². The first-order valence-corrected chi connectivity index (χ1v) is 10.9. The maximum absolute atomic E-state index is 6.23. The number of hydrogen-bond donors (Lipinski definition) is 1. The maximum atomic E-state index is 6.23. The lowest BCUT2D eigenvalue weighted by Gasteiger charge is -2.16. The second-order valence-electron chi connectivity index (χ2n) is 6.20. The van der Waals surface area contributed by atoms with E-state index in [9.17, 15) is 0 Å². The van der Waals surface area contributed by atoms with Gasteiger partial charge in [0.2, 0.25) is 0 Å². The zero-order valence-electron chi connectivity index (χ0n) is 15.6. The molecule has 152 valence electrons. The molecule has 0 radical (unpaired) electrons. The molecule has 7 heteroatoms. The SMILES string of the molecule is CCOc1cc(CNc2ccc(Cl)c(Cl)c2)cc(Br)c1OCc1ccccc1Cl. The topological polar surface area (TPSA) is 30.5 Å². The Hall–Kier alpha value is -1.59. The van der Waals surface area contributed by atoms with E-state index < -0.39 is 0 Å². The second-order valence-corrected chi connectivity index (χ2v) is 8.28. The number of anilines is 1. The zero-order chi connectivity index (χ0) is 20.8. The highest BCUT2D eigenvalue weighted by atomic mass is 79.9. The minimum absolute atomic E-state index is 0.346. The van der Waals surface area contributed by atoms with Crippen LogP contribution in [0.25, 0.3) is 0 Å². The number of hydrogen-bond acceptors (Lipinski definition) is 3. The first-order valence-electron chi connectivity index (χ1n) is 8.98. The summed E-state index contributed by atoms with van der Waals surface area (Å²) in [5.74, 6) is 1.31. The molecule has 1 N–H and O–H groups in total. The molecule has 0 aliphatic rings. The Morgan fingerprint density at radius 2 is 1.69 bits per heavy atom. The molecule has 0 amide bonds. The van der Waals surface area contributed by atoms with Crippen molar-refractivity contribution in [1.82, 2.24) is 0 Å². The van der Waals surface area contributed by atoms with E-state index in [2.05, 4.69) is 21.2 Å². The molecule has 29 heavy (non-hydrogen) atoms. The summed E-state index contributed by atoms with van der Waals surface area (Å²) >= 11 is 21.9. The number of ether oxygens (including phenoxy) is 2. The Labute approximate surface area is 194 Å². The molecule has 0 aromatic heterocycles. The predicted molar refractivity (Wildman–Crippen MR) is 125 cm³/mol. The monoisotopic (exact) mass is 513 g/mol. The third kappa shape index (κ3) is 5.95. The van der Waals surface area contributed by atoms with E-state index in [0.29, 0.717) is 46.3 Å². The molecule has 0 unspecified atom stereocenters. The van der Waals surface area contributed by atoms with Gasteiger partial charge < -0.3 is 14.8 Å². The number of benzene rings is 3. The van der Waals surface area contributed by atoms with Gasteiger partial charge in [0.25, 0.3) is 0 Å². The van der Waals surface area contributed by atoms with E-state index in [1.807, 2.05) is 49.4 Å². The standard InChI is InChI=1S/C22H19BrCl3NO2/c1-2-28-21-10-14(12-27-16-7-8-19(25)20(26)11-16)9-17(23)22(21)29-13-15-5-3-4-6-18(15)24/h3-11,27H,2,12-13H2,1H3. The molecule has 3 aromatic carbocycles. The van der Waals surface area contributed by atoms with Crippen LogP contribution in [0.1, 0.15) is 18.1 Å². The first-order chi connectivity index (χ1) is 14.0. The van der Waals surface area contributed by atoms with Crippen molar-refractivity contribution in [2.75, 3.05) is 11.9 Å². The van der Waals surface area contributed by atoms with Gasteiger partial charge in [-0.2, -0.15) is 0 Å². The molecular formula is C22H19BrCl3NO2. The Kier molecular flexibility index (Phi) is 7.96. The molecule has 0 heterocycles. The minimum atomic E-state index is 0.346. The average molecular weight is 516 g/mol. The van der Waals surface area contributed by atoms with Gasteiger partial charge in [-0.15, -0.1) is 0 Å². The Balaban J connectivity index is 1.76. The highest BCUT2D eigenvalue weighted by molar-refractivity contribution is 9.10. The highest BCUT2D eigenvalue weighted by Gasteiger charge is 2.13. The summed E-state index contributed by atoms with van der Waals surface area (Å²) in [5, 5.41) is 5.04. The summed E-state index contributed by atoms with van der Waals surface area (Å²) in [5.41, 5.74) is 2.82. The zero-order valence-corrected chi connectivity index (χ0v) is 19.5. The lowest BCUT2D eigenvalue weighted by atomic mass is 10.2. The van der Waals surface area contributed by atoms with Gasteiger partial charge >= 0.3 is 0 Å². The molecule has 0 fully saturated rings. The smallest absolute Gasteiger partial charge is 0.175 e. The van der Waals surface area contributed by atoms with Crippen molar-refractivity contribution < 1.29 is 9.47 Å². The molecule has 0 aliphatic heterocycles. The van der Waals surface area contributed by atoms with Crippen LogP contribution in [0, 0.1) is 0 Å². The summed E-state index contributed by atoms with van der Waals surface area (Å²) < 4.78 is 12.6. The van der Waals surface area contributed by atoms with Crippen LogP contribution in [0.15, 0.2) is 59.1 Å². The largest absolute Gasteiger partial charge is 0.490 e. The number of rotatable bonds is 8. The van der Waals surface area contributed by atoms with Gasteiger partial charge in [-0.3, -0.25) is 0 Å². The third-order valence-corrected chi connectivity index (χ3v) is 5.81. The quantitative estimate of drug-likeness (QED) is 0.330. The van der Waals surface area contributed by atoms with E-state index in [0.717, 1.165) is 21.3 Å². The normalized spacial score (nSPS) is 10.7. The molecule has 0 atom stereocenters. The van der Waals surface area contributed by atoms with E-state index in [1.165, 1.54) is 0 Å². The number of halogens is 4. The van der Waals surface area contributed by atoms with Crippen LogP contribution in [-0.2, 0) is 13.2 Å². The Morgan fingerprint density at radius 3 is 2.41 bits per heavy atom. The molecule has 0 bridgehead atoms. The average Bonchev–Trinajstić information content (AvgIpc) is 2.70. The molecular weight excluding hydrogens is 497 g/mol. The van der Waals surface area contributed by atoms with Gasteiger partial charge in [0.05, 0.1) is 21.1 Å². The maximum Gasteiger partial charge on any atom is 0.175 e. The summed E-state index contributed by atoms with van der Waals surface area (Å²) in [4.78, 5) is 0. The molecule has 0 aliphatic carbocycles. The van der Waals surface area contributed by atoms with Crippen molar-refractivity contribution in [2.45, 2.75) is 20.1 Å². The lowest BCUT2D eigenvalue weighted by molar-refractivity contribution is 0.267. The van der Waals surface area contributed by atoms with Crippen molar-refractivity contribution in [3.8, 4) is 11.5 Å². The fraction of sp³-hybridized carbons (Fsp3) is 0.182. The van der Waals surface area contributed by atoms with Crippen molar-refractivity contribution in [1.29, 1.82) is 0 Å². The molecule has 3 aromatic rings. The minimum Gasteiger partial charge on any atom is -0.490 e. The van der Waals surface area contributed by atoms with Crippen LogP contribution < -0.4 is 14.8 Å². The van der Waals surface area contributed by atoms with Crippen LogP contribution in [0.3, 0.4) is 0 Å². The number of nitrogens with one attached hydrogen (secondary N) is 1. The van der Waals surface area contributed by atoms with E-state index >= 15 is 0 Å². The Morgan fingerprint density at radius 1 is 0.897 bits per heavy atom.